The minimum absolute atomic E-state index is 0.0751. The molecule has 0 heterocycles. The summed E-state index contributed by atoms with van der Waals surface area (Å²) in [6.45, 7) is 6.40. The summed E-state index contributed by atoms with van der Waals surface area (Å²) in [4.78, 5) is 22.4. The molecule has 0 aromatic rings. The predicted molar refractivity (Wildman–Crippen MR) is 66.9 cm³/mol. The van der Waals surface area contributed by atoms with Gasteiger partial charge >= 0.3 is 12.0 Å². The first-order valence-corrected chi connectivity index (χ1v) is 6.30. The third kappa shape index (κ3) is 6.81. The zero-order chi connectivity index (χ0) is 13.3. The summed E-state index contributed by atoms with van der Waals surface area (Å²) in [6.07, 6.45) is 3.79. The zero-order valence-electron chi connectivity index (χ0n) is 11.0. The van der Waals surface area contributed by atoms with E-state index in [1.807, 2.05) is 13.8 Å². The predicted octanol–water partition coefficient (Wildman–Crippen LogP) is 1.98. The van der Waals surface area contributed by atoms with Gasteiger partial charge in [-0.15, -0.1) is 0 Å². The van der Waals surface area contributed by atoms with Crippen LogP contribution in [0.4, 0.5) is 4.79 Å². The monoisotopic (exact) mass is 244 g/mol. The second-order valence-corrected chi connectivity index (χ2v) is 4.31. The quantitative estimate of drug-likeness (QED) is 0.571. The van der Waals surface area contributed by atoms with Gasteiger partial charge in [-0.25, -0.2) is 9.59 Å². The fourth-order valence-electron chi connectivity index (χ4n) is 1.45. The summed E-state index contributed by atoms with van der Waals surface area (Å²) in [6, 6.07) is -1.21. The van der Waals surface area contributed by atoms with Gasteiger partial charge in [-0.2, -0.15) is 0 Å². The Hall–Kier alpha value is -1.26. The molecule has 0 aliphatic heterocycles. The molecular formula is C12H24N2O3. The standard InChI is InChI=1S/C12H24N2O3/c1-4-6-7-8-13-12(17)14-10(11(15)16)9(3)5-2/h9-10H,4-8H2,1-3H3,(H,15,16)(H2,13,14,17)/t9-,10-/m0/s1. The molecular weight excluding hydrogens is 220 g/mol. The van der Waals surface area contributed by atoms with Crippen molar-refractivity contribution in [2.75, 3.05) is 6.54 Å². The summed E-state index contributed by atoms with van der Waals surface area (Å²) >= 11 is 0. The van der Waals surface area contributed by atoms with Crippen molar-refractivity contribution >= 4 is 12.0 Å². The van der Waals surface area contributed by atoms with Crippen molar-refractivity contribution in [1.29, 1.82) is 0 Å². The molecule has 0 fully saturated rings. The van der Waals surface area contributed by atoms with Gasteiger partial charge in [0.05, 0.1) is 0 Å². The van der Waals surface area contributed by atoms with Crippen molar-refractivity contribution in [1.82, 2.24) is 10.6 Å². The molecule has 0 rings (SSSR count). The van der Waals surface area contributed by atoms with E-state index >= 15 is 0 Å². The van der Waals surface area contributed by atoms with Crippen LogP contribution in [0, 0.1) is 5.92 Å². The number of carboxylic acids is 1. The minimum Gasteiger partial charge on any atom is -0.480 e. The Morgan fingerprint density at radius 1 is 1.24 bits per heavy atom. The number of rotatable bonds is 8. The van der Waals surface area contributed by atoms with Gasteiger partial charge in [-0.3, -0.25) is 0 Å². The lowest BCUT2D eigenvalue weighted by Crippen LogP contribution is -2.49. The smallest absolute Gasteiger partial charge is 0.326 e. The fraction of sp³-hybridized carbons (Fsp3) is 0.833. The molecule has 5 heteroatoms. The van der Waals surface area contributed by atoms with Crippen molar-refractivity contribution in [3.8, 4) is 0 Å². The number of carboxylic acid groups (broad SMARTS) is 1. The Morgan fingerprint density at radius 3 is 2.35 bits per heavy atom. The lowest BCUT2D eigenvalue weighted by Gasteiger charge is -2.20. The fourth-order valence-corrected chi connectivity index (χ4v) is 1.45. The second-order valence-electron chi connectivity index (χ2n) is 4.31. The Morgan fingerprint density at radius 2 is 1.88 bits per heavy atom. The second kappa shape index (κ2) is 8.84. The molecule has 17 heavy (non-hydrogen) atoms. The molecule has 0 spiro atoms. The van der Waals surface area contributed by atoms with Gasteiger partial charge in [0.15, 0.2) is 0 Å². The van der Waals surface area contributed by atoms with Gasteiger partial charge in [0.1, 0.15) is 6.04 Å². The normalized spacial score (nSPS) is 13.8. The molecule has 0 saturated heterocycles. The summed E-state index contributed by atoms with van der Waals surface area (Å²) in [5.41, 5.74) is 0. The van der Waals surface area contributed by atoms with Crippen molar-refractivity contribution in [2.24, 2.45) is 5.92 Å². The first-order valence-electron chi connectivity index (χ1n) is 6.30. The molecule has 100 valence electrons. The van der Waals surface area contributed by atoms with E-state index in [2.05, 4.69) is 17.6 Å². The Bertz CT molecular complexity index is 244. The van der Waals surface area contributed by atoms with Gasteiger partial charge in [-0.05, 0) is 12.3 Å². The van der Waals surface area contributed by atoms with Crippen LogP contribution in [0.15, 0.2) is 0 Å². The van der Waals surface area contributed by atoms with Gasteiger partial charge in [-0.1, -0.05) is 40.0 Å². The number of aliphatic carboxylic acids is 1. The molecule has 0 aliphatic carbocycles. The molecule has 0 bridgehead atoms. The topological polar surface area (TPSA) is 78.4 Å². The average molecular weight is 244 g/mol. The molecule has 5 nitrogen and oxygen atoms in total. The van der Waals surface area contributed by atoms with Crippen LogP contribution in [0.25, 0.3) is 0 Å². The molecule has 0 aliphatic rings. The van der Waals surface area contributed by atoms with E-state index in [4.69, 9.17) is 5.11 Å². The lowest BCUT2D eigenvalue weighted by molar-refractivity contribution is -0.140. The van der Waals surface area contributed by atoms with E-state index in [1.54, 1.807) is 0 Å². The largest absolute Gasteiger partial charge is 0.480 e. The lowest BCUT2D eigenvalue weighted by atomic mass is 9.99. The average Bonchev–Trinajstić information content (AvgIpc) is 2.30. The Balaban J connectivity index is 4.00. The van der Waals surface area contributed by atoms with Crippen molar-refractivity contribution in [3.63, 3.8) is 0 Å². The molecule has 0 aromatic heterocycles. The molecule has 0 aromatic carbocycles. The van der Waals surface area contributed by atoms with Gasteiger partial charge in [0, 0.05) is 6.54 Å². The van der Waals surface area contributed by atoms with Crippen molar-refractivity contribution in [2.45, 2.75) is 52.5 Å². The first kappa shape index (κ1) is 15.7. The minimum atomic E-state index is -0.983. The number of amides is 2. The van der Waals surface area contributed by atoms with Crippen LogP contribution >= 0.6 is 0 Å². The van der Waals surface area contributed by atoms with E-state index in [1.165, 1.54) is 0 Å². The van der Waals surface area contributed by atoms with E-state index in [9.17, 15) is 9.59 Å². The molecule has 0 saturated carbocycles. The van der Waals surface area contributed by atoms with Crippen LogP contribution in [0.1, 0.15) is 46.5 Å². The Labute approximate surface area is 103 Å². The highest BCUT2D eigenvalue weighted by Crippen LogP contribution is 2.07. The van der Waals surface area contributed by atoms with Crippen LogP contribution in [0.3, 0.4) is 0 Å². The number of hydrogen-bond donors (Lipinski definition) is 3. The van der Waals surface area contributed by atoms with Crippen LogP contribution in [-0.2, 0) is 4.79 Å². The van der Waals surface area contributed by atoms with Gasteiger partial charge in [0.25, 0.3) is 0 Å². The third-order valence-corrected chi connectivity index (χ3v) is 2.83. The molecule has 2 amide bonds. The van der Waals surface area contributed by atoms with Crippen molar-refractivity contribution < 1.29 is 14.7 Å². The van der Waals surface area contributed by atoms with Crippen LogP contribution in [-0.4, -0.2) is 29.7 Å². The van der Waals surface area contributed by atoms with Crippen LogP contribution < -0.4 is 10.6 Å². The summed E-state index contributed by atoms with van der Waals surface area (Å²) in [5.74, 6) is -1.06. The summed E-state index contributed by atoms with van der Waals surface area (Å²) in [7, 11) is 0. The molecule has 3 N–H and O–H groups in total. The number of carbonyl (C=O) groups is 2. The summed E-state index contributed by atoms with van der Waals surface area (Å²) in [5, 5.41) is 14.2. The van der Waals surface area contributed by atoms with Crippen LogP contribution in [0.2, 0.25) is 0 Å². The number of nitrogens with one attached hydrogen (secondary N) is 2. The van der Waals surface area contributed by atoms with Gasteiger partial charge < -0.3 is 15.7 Å². The summed E-state index contributed by atoms with van der Waals surface area (Å²) < 4.78 is 0. The van der Waals surface area contributed by atoms with E-state index in [0.717, 1.165) is 19.3 Å². The van der Waals surface area contributed by atoms with Crippen molar-refractivity contribution in [3.05, 3.63) is 0 Å². The van der Waals surface area contributed by atoms with Crippen LogP contribution in [0.5, 0.6) is 0 Å². The highest BCUT2D eigenvalue weighted by Gasteiger charge is 2.24. The number of hydrogen-bond acceptors (Lipinski definition) is 2. The third-order valence-electron chi connectivity index (χ3n) is 2.83. The number of urea groups is 1. The maximum absolute atomic E-state index is 11.5. The van der Waals surface area contributed by atoms with E-state index < -0.39 is 18.0 Å². The van der Waals surface area contributed by atoms with Gasteiger partial charge in [0.2, 0.25) is 0 Å². The SMILES string of the molecule is CCCCCNC(=O)N[C@H](C(=O)O)[C@@H](C)CC. The zero-order valence-corrected chi connectivity index (χ0v) is 11.0. The molecule has 2 atom stereocenters. The number of unbranched alkanes of at least 4 members (excludes halogenated alkanes) is 2. The maximum atomic E-state index is 11.5. The first-order chi connectivity index (χ1) is 8.02. The molecule has 0 radical (unpaired) electrons. The Kier molecular flexibility index (Phi) is 8.19. The molecule has 0 unspecified atom stereocenters. The maximum Gasteiger partial charge on any atom is 0.326 e. The number of carbonyl (C=O) groups excluding carboxylic acids is 1. The van der Waals surface area contributed by atoms with E-state index in [-0.39, 0.29) is 5.92 Å². The highest BCUT2D eigenvalue weighted by molar-refractivity contribution is 5.82. The van der Waals surface area contributed by atoms with E-state index in [0.29, 0.717) is 13.0 Å². The highest BCUT2D eigenvalue weighted by atomic mass is 16.4.